The van der Waals surface area contributed by atoms with E-state index in [1.165, 1.54) is 10.4 Å². The van der Waals surface area contributed by atoms with Crippen molar-refractivity contribution in [1.82, 2.24) is 4.31 Å². The molecule has 1 rings (SSSR count). The van der Waals surface area contributed by atoms with E-state index in [4.69, 9.17) is 5.11 Å². The minimum atomic E-state index is -3.57. The topological polar surface area (TPSA) is 57.6 Å². The molecular weight excluding hydrogens is 274 g/mol. The first-order valence-corrected chi connectivity index (χ1v) is 8.16. The largest absolute Gasteiger partial charge is 0.395 e. The highest BCUT2D eigenvalue weighted by atomic mass is 32.2. The van der Waals surface area contributed by atoms with Crippen LogP contribution in [0.3, 0.4) is 0 Å². The Hall–Kier alpha value is -1.17. The molecule has 1 N–H and O–H groups in total. The second-order valence-corrected chi connectivity index (χ2v) is 7.06. The molecule has 0 bridgehead atoms. The maximum Gasteiger partial charge on any atom is 0.243 e. The molecule has 0 aliphatic rings. The van der Waals surface area contributed by atoms with Crippen LogP contribution in [-0.4, -0.2) is 37.5 Å². The number of hydrogen-bond acceptors (Lipinski definition) is 3. The van der Waals surface area contributed by atoms with Gasteiger partial charge in [-0.1, -0.05) is 32.1 Å². The van der Waals surface area contributed by atoms with Gasteiger partial charge in [-0.15, -0.1) is 6.58 Å². The first-order chi connectivity index (χ1) is 9.41. The second-order valence-electron chi connectivity index (χ2n) is 5.12. The summed E-state index contributed by atoms with van der Waals surface area (Å²) in [5.74, 6) is 0.532. The van der Waals surface area contributed by atoms with E-state index in [2.05, 4.69) is 20.4 Å². The second kappa shape index (κ2) is 7.57. The molecule has 0 amide bonds. The van der Waals surface area contributed by atoms with Crippen LogP contribution in [0.1, 0.15) is 19.4 Å². The highest BCUT2D eigenvalue weighted by molar-refractivity contribution is 7.89. The summed E-state index contributed by atoms with van der Waals surface area (Å²) in [7, 11) is -3.57. The molecule has 20 heavy (non-hydrogen) atoms. The molecule has 0 heterocycles. The highest BCUT2D eigenvalue weighted by Gasteiger charge is 2.22. The van der Waals surface area contributed by atoms with Gasteiger partial charge < -0.3 is 5.11 Å². The zero-order valence-corrected chi connectivity index (χ0v) is 12.9. The molecule has 0 aliphatic carbocycles. The van der Waals surface area contributed by atoms with Gasteiger partial charge in [0, 0.05) is 13.1 Å². The number of aliphatic hydroxyl groups excluding tert-OH is 1. The third-order valence-electron chi connectivity index (χ3n) is 2.89. The fraction of sp³-hybridized carbons (Fsp3) is 0.467. The zero-order chi connectivity index (χ0) is 15.2. The summed E-state index contributed by atoms with van der Waals surface area (Å²) in [4.78, 5) is 0.250. The van der Waals surface area contributed by atoms with E-state index in [-0.39, 0.29) is 24.6 Å². The van der Waals surface area contributed by atoms with Crippen molar-refractivity contribution in [2.75, 3.05) is 19.7 Å². The number of hydrogen-bond donors (Lipinski definition) is 1. The van der Waals surface area contributed by atoms with Crippen molar-refractivity contribution >= 4 is 10.0 Å². The molecule has 0 saturated carbocycles. The molecule has 0 saturated heterocycles. The number of aliphatic hydroxyl groups is 1. The van der Waals surface area contributed by atoms with Crippen molar-refractivity contribution in [3.63, 3.8) is 0 Å². The van der Waals surface area contributed by atoms with Gasteiger partial charge in [-0.2, -0.15) is 4.31 Å². The molecule has 0 radical (unpaired) electrons. The lowest BCUT2D eigenvalue weighted by Crippen LogP contribution is -2.33. The van der Waals surface area contributed by atoms with E-state index in [1.807, 2.05) is 12.1 Å². The maximum atomic E-state index is 12.4. The number of nitrogens with zero attached hydrogens (tertiary/aromatic N) is 1. The Morgan fingerprint density at radius 3 is 2.35 bits per heavy atom. The first kappa shape index (κ1) is 16.9. The molecule has 0 unspecified atom stereocenters. The van der Waals surface area contributed by atoms with E-state index in [9.17, 15) is 8.42 Å². The Morgan fingerprint density at radius 1 is 1.30 bits per heavy atom. The van der Waals surface area contributed by atoms with E-state index in [1.54, 1.807) is 12.1 Å². The fourth-order valence-corrected chi connectivity index (χ4v) is 3.38. The first-order valence-electron chi connectivity index (χ1n) is 6.72. The third-order valence-corrected chi connectivity index (χ3v) is 4.77. The van der Waals surface area contributed by atoms with Crippen molar-refractivity contribution in [1.29, 1.82) is 0 Å². The predicted molar refractivity (Wildman–Crippen MR) is 81.0 cm³/mol. The summed E-state index contributed by atoms with van der Waals surface area (Å²) in [5.41, 5.74) is 1.12. The summed E-state index contributed by atoms with van der Waals surface area (Å²) in [6, 6.07) is 6.94. The highest BCUT2D eigenvalue weighted by Crippen LogP contribution is 2.17. The van der Waals surface area contributed by atoms with Gasteiger partial charge >= 0.3 is 0 Å². The van der Waals surface area contributed by atoms with Crippen molar-refractivity contribution in [2.24, 2.45) is 5.92 Å². The van der Waals surface area contributed by atoms with Gasteiger partial charge in [0.1, 0.15) is 0 Å². The van der Waals surface area contributed by atoms with Gasteiger partial charge in [-0.3, -0.25) is 0 Å². The molecule has 0 fully saturated rings. The van der Waals surface area contributed by atoms with Gasteiger partial charge in [0.25, 0.3) is 0 Å². The van der Waals surface area contributed by atoms with Crippen LogP contribution in [0.25, 0.3) is 0 Å². The average molecular weight is 297 g/mol. The van der Waals surface area contributed by atoms with E-state index >= 15 is 0 Å². The average Bonchev–Trinajstić information content (AvgIpc) is 2.38. The molecule has 0 aromatic heterocycles. The Bertz CT molecular complexity index is 521. The lowest BCUT2D eigenvalue weighted by Gasteiger charge is -2.19. The molecule has 1 aromatic rings. The lowest BCUT2D eigenvalue weighted by atomic mass is 10.0. The van der Waals surface area contributed by atoms with Crippen LogP contribution >= 0.6 is 0 Å². The van der Waals surface area contributed by atoms with Gasteiger partial charge in [0.05, 0.1) is 11.5 Å². The van der Waals surface area contributed by atoms with Gasteiger partial charge in [0.15, 0.2) is 0 Å². The Labute approximate surface area is 121 Å². The fourth-order valence-electron chi connectivity index (χ4n) is 1.98. The van der Waals surface area contributed by atoms with Crippen LogP contribution in [0.15, 0.2) is 41.8 Å². The summed E-state index contributed by atoms with van der Waals surface area (Å²) in [6.45, 7) is 7.85. The summed E-state index contributed by atoms with van der Waals surface area (Å²) in [6.07, 6.45) is 2.44. The number of rotatable bonds is 8. The van der Waals surface area contributed by atoms with Gasteiger partial charge in [0.2, 0.25) is 10.0 Å². The standard InChI is InChI=1S/C15H23NO3S/c1-4-9-16(10-11-17)20(18,19)15-7-5-14(6-8-15)12-13(2)3/h4-8,13,17H,1,9-12H2,2-3H3. The van der Waals surface area contributed by atoms with E-state index in [0.717, 1.165) is 12.0 Å². The number of sulfonamides is 1. The van der Waals surface area contributed by atoms with Crippen molar-refractivity contribution in [2.45, 2.75) is 25.2 Å². The van der Waals surface area contributed by atoms with Crippen molar-refractivity contribution in [3.8, 4) is 0 Å². The molecule has 0 aliphatic heterocycles. The molecule has 4 nitrogen and oxygen atoms in total. The van der Waals surface area contributed by atoms with Gasteiger partial charge in [-0.05, 0) is 30.0 Å². The molecule has 1 aromatic carbocycles. The van der Waals surface area contributed by atoms with E-state index in [0.29, 0.717) is 5.92 Å². The summed E-state index contributed by atoms with van der Waals surface area (Å²) < 4.78 is 26.0. The Balaban J connectivity index is 2.98. The maximum absolute atomic E-state index is 12.4. The quantitative estimate of drug-likeness (QED) is 0.747. The molecule has 5 heteroatoms. The van der Waals surface area contributed by atoms with E-state index < -0.39 is 10.0 Å². The van der Waals surface area contributed by atoms with Crippen LogP contribution in [0.4, 0.5) is 0 Å². The summed E-state index contributed by atoms with van der Waals surface area (Å²) in [5, 5.41) is 8.98. The zero-order valence-electron chi connectivity index (χ0n) is 12.1. The lowest BCUT2D eigenvalue weighted by molar-refractivity contribution is 0.260. The molecule has 112 valence electrons. The Morgan fingerprint density at radius 2 is 1.90 bits per heavy atom. The third kappa shape index (κ3) is 4.44. The van der Waals surface area contributed by atoms with Crippen molar-refractivity contribution in [3.05, 3.63) is 42.5 Å². The minimum absolute atomic E-state index is 0.0715. The molecular formula is C15H23NO3S. The molecule has 0 spiro atoms. The van der Waals surface area contributed by atoms with Crippen molar-refractivity contribution < 1.29 is 13.5 Å². The monoisotopic (exact) mass is 297 g/mol. The van der Waals surface area contributed by atoms with Crippen LogP contribution in [0, 0.1) is 5.92 Å². The van der Waals surface area contributed by atoms with Crippen LogP contribution in [-0.2, 0) is 16.4 Å². The minimum Gasteiger partial charge on any atom is -0.395 e. The number of benzene rings is 1. The van der Waals surface area contributed by atoms with Gasteiger partial charge in [-0.25, -0.2) is 8.42 Å². The molecule has 0 atom stereocenters. The van der Waals surface area contributed by atoms with Crippen LogP contribution < -0.4 is 0 Å². The normalized spacial score (nSPS) is 12.1. The Kier molecular flexibility index (Phi) is 6.39. The van der Waals surface area contributed by atoms with Crippen LogP contribution in [0.2, 0.25) is 0 Å². The smallest absolute Gasteiger partial charge is 0.243 e. The predicted octanol–water partition coefficient (Wildman–Crippen LogP) is 2.05. The SMILES string of the molecule is C=CCN(CCO)S(=O)(=O)c1ccc(CC(C)C)cc1. The van der Waals surface area contributed by atoms with Crippen LogP contribution in [0.5, 0.6) is 0 Å². The summed E-state index contributed by atoms with van der Waals surface area (Å²) >= 11 is 0.